The molecule has 1 fully saturated rings. The lowest BCUT2D eigenvalue weighted by atomic mass is 9.83. The molecular weight excluding hydrogens is 376 g/mol. The lowest BCUT2D eigenvalue weighted by Crippen LogP contribution is -2.65. The van der Waals surface area contributed by atoms with Crippen molar-refractivity contribution in [1.82, 2.24) is 0 Å². The molecule has 2 aromatic rings. The number of hydrogen-bond donors (Lipinski definition) is 6. The predicted octanol–water partition coefficient (Wildman–Crippen LogP) is 0.0855. The Morgan fingerprint density at radius 1 is 1.00 bits per heavy atom. The number of benzene rings is 2. The van der Waals surface area contributed by atoms with Crippen LogP contribution in [-0.2, 0) is 23.6 Å². The van der Waals surface area contributed by atoms with Crippen LogP contribution in [0.5, 0.6) is 0 Å². The summed E-state index contributed by atoms with van der Waals surface area (Å²) < 4.78 is 5.58. The van der Waals surface area contributed by atoms with Gasteiger partial charge >= 0.3 is 0 Å². The zero-order valence-corrected chi connectivity index (χ0v) is 16.4. The van der Waals surface area contributed by atoms with Gasteiger partial charge in [-0.2, -0.15) is 0 Å². The van der Waals surface area contributed by atoms with E-state index in [0.29, 0.717) is 17.5 Å². The Morgan fingerprint density at radius 2 is 1.62 bits per heavy atom. The van der Waals surface area contributed by atoms with Gasteiger partial charge in [0, 0.05) is 5.56 Å². The molecule has 0 unspecified atom stereocenters. The summed E-state index contributed by atoms with van der Waals surface area (Å²) in [5.74, 6) is -2.38. The van der Waals surface area contributed by atoms with Gasteiger partial charge in [-0.15, -0.1) is 0 Å². The van der Waals surface area contributed by atoms with Crippen LogP contribution in [0, 0.1) is 6.92 Å². The molecule has 6 atom stereocenters. The standard InChI is InChI=1S/C22H28O7/c1-12-3-5-14(6-4-12)9-16-8-7-15(11-23)10-17(16)22(28)21(27)19(26)18(25)20(29-22)13(2)24/h3-8,10,13,18-21,23-28H,9,11H2,1-2H3/t13-,18-,19-,20+,21+,22+/m0/s1. The second-order valence-corrected chi connectivity index (χ2v) is 7.76. The Balaban J connectivity index is 2.07. The summed E-state index contributed by atoms with van der Waals surface area (Å²) in [6.45, 7) is 3.04. The third-order valence-corrected chi connectivity index (χ3v) is 5.46. The van der Waals surface area contributed by atoms with Crippen molar-refractivity contribution < 1.29 is 35.4 Å². The Labute approximate surface area is 169 Å². The number of aryl methyl sites for hydroxylation is 1. The molecule has 1 heterocycles. The molecule has 0 saturated carbocycles. The van der Waals surface area contributed by atoms with Crippen molar-refractivity contribution >= 4 is 0 Å². The second kappa shape index (κ2) is 8.49. The van der Waals surface area contributed by atoms with Crippen LogP contribution in [0.15, 0.2) is 42.5 Å². The maximum absolute atomic E-state index is 11.3. The summed E-state index contributed by atoms with van der Waals surface area (Å²) in [4.78, 5) is 0. The van der Waals surface area contributed by atoms with Gasteiger partial charge in [0.2, 0.25) is 5.79 Å². The summed E-state index contributed by atoms with van der Waals surface area (Å²) in [6, 6.07) is 12.7. The Kier molecular flexibility index (Phi) is 6.40. The van der Waals surface area contributed by atoms with Crippen LogP contribution in [-0.4, -0.2) is 61.2 Å². The molecule has 0 aromatic heterocycles. The van der Waals surface area contributed by atoms with E-state index in [1.165, 1.54) is 13.0 Å². The van der Waals surface area contributed by atoms with Crippen molar-refractivity contribution in [1.29, 1.82) is 0 Å². The highest BCUT2D eigenvalue weighted by atomic mass is 16.7. The van der Waals surface area contributed by atoms with Gasteiger partial charge in [0.25, 0.3) is 0 Å². The van der Waals surface area contributed by atoms with E-state index in [1.54, 1.807) is 12.1 Å². The van der Waals surface area contributed by atoms with E-state index in [4.69, 9.17) is 4.74 Å². The molecular formula is C22H28O7. The molecule has 3 rings (SSSR count). The van der Waals surface area contributed by atoms with E-state index < -0.39 is 36.3 Å². The fraction of sp³-hybridized carbons (Fsp3) is 0.455. The average molecular weight is 404 g/mol. The summed E-state index contributed by atoms with van der Waals surface area (Å²) >= 11 is 0. The van der Waals surface area contributed by atoms with Crippen LogP contribution in [0.1, 0.15) is 34.7 Å². The smallest absolute Gasteiger partial charge is 0.222 e. The van der Waals surface area contributed by atoms with Crippen molar-refractivity contribution in [3.05, 3.63) is 70.3 Å². The lowest BCUT2D eigenvalue weighted by molar-refractivity contribution is -0.364. The SMILES string of the molecule is Cc1ccc(Cc2ccc(CO)cc2[C@@]2(O)O[C@H]([C@H](C)O)[C@@H](O)[C@H](O)[C@H]2O)cc1. The normalized spacial score (nSPS) is 30.9. The van der Waals surface area contributed by atoms with Crippen LogP contribution >= 0.6 is 0 Å². The summed E-state index contributed by atoms with van der Waals surface area (Å²) in [5, 5.41) is 61.8. The third-order valence-electron chi connectivity index (χ3n) is 5.46. The maximum atomic E-state index is 11.3. The number of aliphatic hydroxyl groups excluding tert-OH is 5. The maximum Gasteiger partial charge on any atom is 0.222 e. The second-order valence-electron chi connectivity index (χ2n) is 7.76. The van der Waals surface area contributed by atoms with Crippen molar-refractivity contribution in [2.75, 3.05) is 0 Å². The molecule has 0 spiro atoms. The first-order valence-electron chi connectivity index (χ1n) is 9.58. The highest BCUT2D eigenvalue weighted by Gasteiger charge is 2.55. The minimum absolute atomic E-state index is 0.161. The first-order chi connectivity index (χ1) is 13.7. The Morgan fingerprint density at radius 3 is 2.21 bits per heavy atom. The molecule has 0 amide bonds. The van der Waals surface area contributed by atoms with Crippen LogP contribution in [0.4, 0.5) is 0 Å². The van der Waals surface area contributed by atoms with E-state index >= 15 is 0 Å². The summed E-state index contributed by atoms with van der Waals surface area (Å²) in [7, 11) is 0. The fourth-order valence-electron chi connectivity index (χ4n) is 3.70. The van der Waals surface area contributed by atoms with E-state index in [0.717, 1.165) is 11.1 Å². The molecule has 0 aliphatic carbocycles. The van der Waals surface area contributed by atoms with Gasteiger partial charge in [-0.05, 0) is 43.0 Å². The van der Waals surface area contributed by atoms with E-state index in [-0.39, 0.29) is 12.2 Å². The predicted molar refractivity (Wildman–Crippen MR) is 105 cm³/mol. The molecule has 1 aliphatic rings. The van der Waals surface area contributed by atoms with Crippen molar-refractivity contribution in [2.45, 2.75) is 63.2 Å². The van der Waals surface area contributed by atoms with Gasteiger partial charge in [0.05, 0.1) is 12.7 Å². The highest BCUT2D eigenvalue weighted by Crippen LogP contribution is 2.39. The quantitative estimate of drug-likeness (QED) is 0.416. The molecule has 7 heteroatoms. The molecule has 158 valence electrons. The lowest BCUT2D eigenvalue weighted by Gasteiger charge is -2.47. The zero-order valence-electron chi connectivity index (χ0n) is 16.4. The first-order valence-corrected chi connectivity index (χ1v) is 9.58. The summed E-state index contributed by atoms with van der Waals surface area (Å²) in [6.07, 6.45) is -7.30. The van der Waals surface area contributed by atoms with E-state index in [2.05, 4.69) is 0 Å². The van der Waals surface area contributed by atoms with E-state index in [9.17, 15) is 30.6 Å². The average Bonchev–Trinajstić information content (AvgIpc) is 2.71. The van der Waals surface area contributed by atoms with Gasteiger partial charge in [-0.3, -0.25) is 0 Å². The van der Waals surface area contributed by atoms with Gasteiger partial charge < -0.3 is 35.4 Å². The highest BCUT2D eigenvalue weighted by molar-refractivity contribution is 5.40. The molecule has 0 bridgehead atoms. The van der Waals surface area contributed by atoms with Gasteiger partial charge in [0.1, 0.15) is 24.4 Å². The van der Waals surface area contributed by atoms with Crippen molar-refractivity contribution in [2.24, 2.45) is 0 Å². The Bertz CT molecular complexity index is 836. The van der Waals surface area contributed by atoms with E-state index in [1.807, 2.05) is 31.2 Å². The first kappa shape index (κ1) is 21.9. The Hall–Kier alpha value is -1.84. The monoisotopic (exact) mass is 404 g/mol. The molecule has 1 aliphatic heterocycles. The topological polar surface area (TPSA) is 131 Å². The molecule has 6 N–H and O–H groups in total. The minimum atomic E-state index is -2.38. The van der Waals surface area contributed by atoms with Crippen LogP contribution < -0.4 is 0 Å². The molecule has 0 radical (unpaired) electrons. The van der Waals surface area contributed by atoms with Crippen LogP contribution in [0.3, 0.4) is 0 Å². The van der Waals surface area contributed by atoms with Gasteiger partial charge in [-0.1, -0.05) is 42.0 Å². The van der Waals surface area contributed by atoms with Crippen LogP contribution in [0.2, 0.25) is 0 Å². The van der Waals surface area contributed by atoms with Gasteiger partial charge in [-0.25, -0.2) is 0 Å². The zero-order chi connectivity index (χ0) is 21.3. The molecule has 1 saturated heterocycles. The largest absolute Gasteiger partial charge is 0.392 e. The molecule has 7 nitrogen and oxygen atoms in total. The number of hydrogen-bond acceptors (Lipinski definition) is 7. The van der Waals surface area contributed by atoms with Crippen LogP contribution in [0.25, 0.3) is 0 Å². The molecule has 29 heavy (non-hydrogen) atoms. The third kappa shape index (κ3) is 4.22. The van der Waals surface area contributed by atoms with Crippen molar-refractivity contribution in [3.63, 3.8) is 0 Å². The fourth-order valence-corrected chi connectivity index (χ4v) is 3.70. The van der Waals surface area contributed by atoms with Gasteiger partial charge in [0.15, 0.2) is 0 Å². The minimum Gasteiger partial charge on any atom is -0.392 e. The number of ether oxygens (including phenoxy) is 1. The van der Waals surface area contributed by atoms with Crippen molar-refractivity contribution in [3.8, 4) is 0 Å². The molecule has 2 aromatic carbocycles. The summed E-state index contributed by atoms with van der Waals surface area (Å²) in [5.41, 5.74) is 3.31. The number of aliphatic hydroxyl groups is 6. The number of rotatable bonds is 5.